The van der Waals surface area contributed by atoms with Crippen LogP contribution in [0.1, 0.15) is 35.9 Å². The van der Waals surface area contributed by atoms with Crippen molar-refractivity contribution in [1.82, 2.24) is 9.97 Å². The minimum Gasteiger partial charge on any atom is -0.326 e. The van der Waals surface area contributed by atoms with Crippen LogP contribution in [0, 0.1) is 33.6 Å². The predicted molar refractivity (Wildman–Crippen MR) is 136 cm³/mol. The van der Waals surface area contributed by atoms with Crippen LogP contribution in [0.5, 0.6) is 0 Å². The molecule has 0 spiro atoms. The van der Waals surface area contributed by atoms with Crippen LogP contribution in [0.3, 0.4) is 0 Å². The highest BCUT2D eigenvalue weighted by Gasteiger charge is 2.35. The zero-order chi connectivity index (χ0) is 24.4. The van der Waals surface area contributed by atoms with E-state index in [1.165, 1.54) is 0 Å². The molecule has 1 N–H and O–H groups in total. The lowest BCUT2D eigenvalue weighted by atomic mass is 10.1. The molecule has 2 aromatic carbocycles. The van der Waals surface area contributed by atoms with E-state index < -0.39 is 0 Å². The summed E-state index contributed by atoms with van der Waals surface area (Å²) in [5, 5.41) is 2.98. The van der Waals surface area contributed by atoms with Crippen molar-refractivity contribution < 1.29 is 9.59 Å². The summed E-state index contributed by atoms with van der Waals surface area (Å²) in [6.45, 7) is 11.1. The molecule has 7 nitrogen and oxygen atoms in total. The van der Waals surface area contributed by atoms with Crippen molar-refractivity contribution >= 4 is 34.8 Å². The Kier molecular flexibility index (Phi) is 6.63. The van der Waals surface area contributed by atoms with Crippen LogP contribution in [0.2, 0.25) is 0 Å². The van der Waals surface area contributed by atoms with E-state index in [9.17, 15) is 9.59 Å². The molecule has 4 rings (SSSR count). The minimum atomic E-state index is -0.386. The maximum absolute atomic E-state index is 12.9. The number of anilines is 4. The molecule has 1 unspecified atom stereocenters. The fraction of sp³-hybridized carbons (Fsp3) is 0.333. The molecule has 2 amide bonds. The van der Waals surface area contributed by atoms with Crippen LogP contribution in [0.15, 0.2) is 48.5 Å². The van der Waals surface area contributed by atoms with Crippen molar-refractivity contribution in [1.29, 1.82) is 0 Å². The van der Waals surface area contributed by atoms with Gasteiger partial charge in [0, 0.05) is 48.0 Å². The SMILES string of the molecule is CCN(c1ccc(NC(=O)C2CC(=O)N(c3cc(C)ccc3C)C2)cc1)c1nc(C)cc(C)n1. The Hall–Kier alpha value is -3.74. The number of aryl methyl sites for hydroxylation is 4. The predicted octanol–water partition coefficient (Wildman–Crippen LogP) is 4.86. The molecule has 1 saturated heterocycles. The lowest BCUT2D eigenvalue weighted by molar-refractivity contribution is -0.122. The van der Waals surface area contributed by atoms with E-state index in [0.29, 0.717) is 24.7 Å². The Balaban J connectivity index is 1.45. The van der Waals surface area contributed by atoms with Gasteiger partial charge in [0.05, 0.1) is 5.92 Å². The third-order valence-corrected chi connectivity index (χ3v) is 6.13. The first-order valence-electron chi connectivity index (χ1n) is 11.6. The largest absolute Gasteiger partial charge is 0.326 e. The lowest BCUT2D eigenvalue weighted by Crippen LogP contribution is -2.28. The molecule has 2 heterocycles. The number of hydrogen-bond donors (Lipinski definition) is 1. The molecule has 1 aliphatic rings. The third kappa shape index (κ3) is 4.93. The lowest BCUT2D eigenvalue weighted by Gasteiger charge is -2.22. The maximum Gasteiger partial charge on any atom is 0.230 e. The Bertz CT molecular complexity index is 1200. The number of amides is 2. The average Bonchev–Trinajstić information content (AvgIpc) is 3.18. The van der Waals surface area contributed by atoms with E-state index in [1.54, 1.807) is 4.90 Å². The topological polar surface area (TPSA) is 78.4 Å². The summed E-state index contributed by atoms with van der Waals surface area (Å²) >= 11 is 0. The summed E-state index contributed by atoms with van der Waals surface area (Å²) in [5.74, 6) is 0.116. The normalized spacial score (nSPS) is 15.5. The highest BCUT2D eigenvalue weighted by atomic mass is 16.2. The molecule has 0 aliphatic carbocycles. The second-order valence-electron chi connectivity index (χ2n) is 8.93. The minimum absolute atomic E-state index is 0.0174. The van der Waals surface area contributed by atoms with Crippen molar-refractivity contribution in [2.45, 2.75) is 41.0 Å². The molecule has 176 valence electrons. The van der Waals surface area contributed by atoms with Crippen LogP contribution < -0.4 is 15.1 Å². The first-order chi connectivity index (χ1) is 16.2. The van der Waals surface area contributed by atoms with Crippen LogP contribution in [0.4, 0.5) is 23.0 Å². The molecular formula is C27H31N5O2. The smallest absolute Gasteiger partial charge is 0.230 e. The molecule has 1 aromatic heterocycles. The molecule has 0 bridgehead atoms. The number of benzene rings is 2. The maximum atomic E-state index is 12.9. The molecule has 0 saturated carbocycles. The van der Waals surface area contributed by atoms with Gasteiger partial charge in [0.2, 0.25) is 17.8 Å². The van der Waals surface area contributed by atoms with Gasteiger partial charge in [0.1, 0.15) is 0 Å². The van der Waals surface area contributed by atoms with Gasteiger partial charge in [-0.2, -0.15) is 0 Å². The van der Waals surface area contributed by atoms with E-state index >= 15 is 0 Å². The number of hydrogen-bond acceptors (Lipinski definition) is 5. The van der Waals surface area contributed by atoms with E-state index in [1.807, 2.05) is 81.1 Å². The van der Waals surface area contributed by atoms with Crippen molar-refractivity contribution in [2.75, 3.05) is 28.2 Å². The standard InChI is InChI=1S/C27H31N5O2/c1-6-31(27-28-19(4)14-20(5)29-27)23-11-9-22(10-12-23)30-26(34)21-15-25(33)32(16-21)24-13-17(2)7-8-18(24)3/h7-14,21H,6,15-16H2,1-5H3,(H,30,34). The van der Waals surface area contributed by atoms with Gasteiger partial charge < -0.3 is 15.1 Å². The summed E-state index contributed by atoms with van der Waals surface area (Å²) in [5.41, 5.74) is 6.50. The second kappa shape index (κ2) is 9.63. The Morgan fingerprint density at radius 1 is 1.03 bits per heavy atom. The van der Waals surface area contributed by atoms with Gasteiger partial charge >= 0.3 is 0 Å². The average molecular weight is 458 g/mol. The Morgan fingerprint density at radius 3 is 2.35 bits per heavy atom. The molecule has 3 aromatic rings. The first kappa shape index (κ1) is 23.4. The number of nitrogens with zero attached hydrogens (tertiary/aromatic N) is 4. The van der Waals surface area contributed by atoms with Crippen molar-refractivity contribution in [3.8, 4) is 0 Å². The zero-order valence-corrected chi connectivity index (χ0v) is 20.4. The van der Waals surface area contributed by atoms with Crippen LogP contribution >= 0.6 is 0 Å². The van der Waals surface area contributed by atoms with Crippen molar-refractivity contribution in [3.05, 3.63) is 71.0 Å². The first-order valence-corrected chi connectivity index (χ1v) is 11.6. The van der Waals surface area contributed by atoms with Crippen LogP contribution in [0.25, 0.3) is 0 Å². The van der Waals surface area contributed by atoms with Gasteiger partial charge in [-0.3, -0.25) is 9.59 Å². The highest BCUT2D eigenvalue weighted by molar-refractivity contribution is 6.04. The molecule has 0 radical (unpaired) electrons. The second-order valence-corrected chi connectivity index (χ2v) is 8.93. The highest BCUT2D eigenvalue weighted by Crippen LogP contribution is 2.30. The van der Waals surface area contributed by atoms with Gasteiger partial charge in [0.25, 0.3) is 0 Å². The van der Waals surface area contributed by atoms with E-state index in [-0.39, 0.29) is 24.2 Å². The summed E-state index contributed by atoms with van der Waals surface area (Å²) in [4.78, 5) is 38.5. The number of rotatable bonds is 6. The molecule has 1 aliphatic heterocycles. The Labute approximate surface area is 200 Å². The number of carbonyl (C=O) groups is 2. The summed E-state index contributed by atoms with van der Waals surface area (Å²) < 4.78 is 0. The number of aromatic nitrogens is 2. The molecular weight excluding hydrogens is 426 g/mol. The number of nitrogens with one attached hydrogen (secondary N) is 1. The van der Waals surface area contributed by atoms with Crippen molar-refractivity contribution in [3.63, 3.8) is 0 Å². The molecule has 7 heteroatoms. The van der Waals surface area contributed by atoms with Crippen molar-refractivity contribution in [2.24, 2.45) is 5.92 Å². The van der Waals surface area contributed by atoms with E-state index in [0.717, 1.165) is 33.9 Å². The van der Waals surface area contributed by atoms with Gasteiger partial charge in [-0.25, -0.2) is 9.97 Å². The molecule has 1 atom stereocenters. The monoisotopic (exact) mass is 457 g/mol. The van der Waals surface area contributed by atoms with Gasteiger partial charge in [0.15, 0.2) is 0 Å². The van der Waals surface area contributed by atoms with E-state index in [4.69, 9.17) is 0 Å². The van der Waals surface area contributed by atoms with Gasteiger partial charge in [-0.05, 0) is 82.1 Å². The van der Waals surface area contributed by atoms with Crippen LogP contribution in [-0.4, -0.2) is 34.9 Å². The fourth-order valence-electron chi connectivity index (χ4n) is 4.36. The summed E-state index contributed by atoms with van der Waals surface area (Å²) in [7, 11) is 0. The molecule has 34 heavy (non-hydrogen) atoms. The third-order valence-electron chi connectivity index (χ3n) is 6.13. The van der Waals surface area contributed by atoms with Crippen LogP contribution in [-0.2, 0) is 9.59 Å². The van der Waals surface area contributed by atoms with E-state index in [2.05, 4.69) is 22.2 Å². The summed E-state index contributed by atoms with van der Waals surface area (Å²) in [6, 6.07) is 15.6. The summed E-state index contributed by atoms with van der Waals surface area (Å²) in [6.07, 6.45) is 0.213. The zero-order valence-electron chi connectivity index (χ0n) is 20.4. The number of carbonyl (C=O) groups excluding carboxylic acids is 2. The quantitative estimate of drug-likeness (QED) is 0.572. The molecule has 1 fully saturated rings. The fourth-order valence-corrected chi connectivity index (χ4v) is 4.36. The Morgan fingerprint density at radius 2 is 1.71 bits per heavy atom. The van der Waals surface area contributed by atoms with Gasteiger partial charge in [-0.1, -0.05) is 12.1 Å². The van der Waals surface area contributed by atoms with Gasteiger partial charge in [-0.15, -0.1) is 0 Å².